The zero-order valence-electron chi connectivity index (χ0n) is 17.3. The van der Waals surface area contributed by atoms with Crippen LogP contribution >= 0.6 is 0 Å². The number of halogens is 3. The Morgan fingerprint density at radius 2 is 1.91 bits per heavy atom. The fraction of sp³-hybridized carbons (Fsp3) is 0.304. The van der Waals surface area contributed by atoms with Gasteiger partial charge in [-0.05, 0) is 55.3 Å². The summed E-state index contributed by atoms with van der Waals surface area (Å²) in [6.07, 6.45) is -1.84. The summed E-state index contributed by atoms with van der Waals surface area (Å²) in [5.41, 5.74) is 2.46. The lowest BCUT2D eigenvalue weighted by atomic mass is 10.1. The van der Waals surface area contributed by atoms with E-state index in [1.165, 1.54) is 12.1 Å². The summed E-state index contributed by atoms with van der Waals surface area (Å²) >= 11 is 0. The third kappa shape index (κ3) is 3.33. The van der Waals surface area contributed by atoms with Crippen molar-refractivity contribution in [3.63, 3.8) is 0 Å². The molecule has 2 aromatic carbocycles. The number of carbonyl (C=O) groups is 1. The predicted molar refractivity (Wildman–Crippen MR) is 114 cm³/mol. The van der Waals surface area contributed by atoms with E-state index in [2.05, 4.69) is 4.98 Å². The number of imidazole rings is 1. The molecule has 1 unspecified atom stereocenters. The van der Waals surface area contributed by atoms with Gasteiger partial charge < -0.3 is 14.6 Å². The Hall–Kier alpha value is -3.33. The van der Waals surface area contributed by atoms with Crippen molar-refractivity contribution in [1.82, 2.24) is 19.0 Å². The average Bonchev–Trinajstić information content (AvgIpc) is 3.30. The first-order valence-electron chi connectivity index (χ1n) is 10.3. The number of likely N-dealkylation sites (tertiary alicyclic amines) is 1. The molecule has 1 saturated heterocycles. The Bertz CT molecular complexity index is 1320. The molecule has 0 bridgehead atoms. The number of aromatic nitrogens is 3. The average molecular weight is 442 g/mol. The standard InChI is InChI=1S/C23H21F3N4O2/c1-28-13-27-21-20(28)18-11-14(22(32)29-10-2-3-17(31)12-29)4-9-19(18)30(21)16-7-5-15(6-8-16)23(24,25)26/h4-9,11,13,17,31H,2-3,10,12H2,1H3. The minimum atomic E-state index is -4.41. The smallest absolute Gasteiger partial charge is 0.391 e. The van der Waals surface area contributed by atoms with Crippen LogP contribution in [-0.2, 0) is 13.2 Å². The van der Waals surface area contributed by atoms with Crippen LogP contribution in [0.3, 0.4) is 0 Å². The van der Waals surface area contributed by atoms with Gasteiger partial charge in [0, 0.05) is 36.8 Å². The highest BCUT2D eigenvalue weighted by atomic mass is 19.4. The number of fused-ring (bicyclic) bond motifs is 3. The molecule has 5 rings (SSSR count). The number of hydrogen-bond acceptors (Lipinski definition) is 3. The number of alkyl halides is 3. The van der Waals surface area contributed by atoms with E-state index >= 15 is 0 Å². The number of β-amino-alcohol motifs (C(OH)–C–C–N with tert-alkyl or cyclic N) is 1. The second kappa shape index (κ2) is 7.37. The van der Waals surface area contributed by atoms with E-state index in [4.69, 9.17) is 0 Å². The van der Waals surface area contributed by atoms with E-state index in [0.717, 1.165) is 35.0 Å². The van der Waals surface area contributed by atoms with Crippen molar-refractivity contribution in [3.8, 4) is 5.69 Å². The molecule has 0 spiro atoms. The lowest BCUT2D eigenvalue weighted by molar-refractivity contribution is -0.137. The molecule has 1 N–H and O–H groups in total. The van der Waals surface area contributed by atoms with Crippen LogP contribution in [0.5, 0.6) is 0 Å². The summed E-state index contributed by atoms with van der Waals surface area (Å²) < 4.78 is 42.6. The number of aryl methyl sites for hydroxylation is 1. The third-order valence-electron chi connectivity index (χ3n) is 6.01. The molecule has 6 nitrogen and oxygen atoms in total. The minimum absolute atomic E-state index is 0.150. The molecular formula is C23H21F3N4O2. The van der Waals surface area contributed by atoms with Crippen LogP contribution in [0, 0.1) is 0 Å². The highest BCUT2D eigenvalue weighted by Crippen LogP contribution is 2.34. The number of nitrogens with zero attached hydrogens (tertiary/aromatic N) is 4. The number of carbonyl (C=O) groups excluding carboxylic acids is 1. The van der Waals surface area contributed by atoms with Crippen LogP contribution in [0.15, 0.2) is 48.8 Å². The van der Waals surface area contributed by atoms with Gasteiger partial charge in [0.15, 0.2) is 5.65 Å². The van der Waals surface area contributed by atoms with Crippen molar-refractivity contribution in [2.45, 2.75) is 25.1 Å². The van der Waals surface area contributed by atoms with Crippen molar-refractivity contribution in [2.24, 2.45) is 7.05 Å². The summed E-state index contributed by atoms with van der Waals surface area (Å²) in [6.45, 7) is 0.909. The predicted octanol–water partition coefficient (Wildman–Crippen LogP) is 4.13. The summed E-state index contributed by atoms with van der Waals surface area (Å²) in [6, 6.07) is 10.2. The maximum absolute atomic E-state index is 13.0. The van der Waals surface area contributed by atoms with Gasteiger partial charge in [0.2, 0.25) is 0 Å². The Kier molecular flexibility index (Phi) is 4.74. The van der Waals surface area contributed by atoms with E-state index in [-0.39, 0.29) is 5.91 Å². The minimum Gasteiger partial charge on any atom is -0.391 e. The molecule has 4 aromatic rings. The fourth-order valence-electron chi connectivity index (χ4n) is 4.44. The maximum Gasteiger partial charge on any atom is 0.416 e. The van der Waals surface area contributed by atoms with E-state index in [1.54, 1.807) is 34.0 Å². The quantitative estimate of drug-likeness (QED) is 0.508. The van der Waals surface area contributed by atoms with E-state index in [1.807, 2.05) is 11.6 Å². The molecular weight excluding hydrogens is 421 g/mol. The third-order valence-corrected chi connectivity index (χ3v) is 6.01. The molecule has 0 radical (unpaired) electrons. The first kappa shape index (κ1) is 20.6. The maximum atomic E-state index is 13.0. The molecule has 0 saturated carbocycles. The van der Waals surface area contributed by atoms with Crippen molar-refractivity contribution in [3.05, 3.63) is 59.9 Å². The van der Waals surface area contributed by atoms with Gasteiger partial charge in [-0.25, -0.2) is 4.98 Å². The van der Waals surface area contributed by atoms with E-state index in [9.17, 15) is 23.1 Å². The van der Waals surface area contributed by atoms with Crippen LogP contribution in [0.1, 0.15) is 28.8 Å². The fourth-order valence-corrected chi connectivity index (χ4v) is 4.44. The lowest BCUT2D eigenvalue weighted by Crippen LogP contribution is -2.42. The Morgan fingerprint density at radius 3 is 2.59 bits per heavy atom. The molecule has 1 aliphatic heterocycles. The molecule has 166 valence electrons. The Labute approximate surface area is 181 Å². The van der Waals surface area contributed by atoms with Crippen LogP contribution in [0.4, 0.5) is 13.2 Å². The summed E-state index contributed by atoms with van der Waals surface area (Å²) in [5.74, 6) is -0.150. The second-order valence-corrected chi connectivity index (χ2v) is 8.19. The van der Waals surface area contributed by atoms with Crippen LogP contribution in [0.2, 0.25) is 0 Å². The molecule has 1 aliphatic rings. The number of amides is 1. The number of hydrogen-bond donors (Lipinski definition) is 1. The van der Waals surface area contributed by atoms with Gasteiger partial charge in [-0.3, -0.25) is 9.36 Å². The highest BCUT2D eigenvalue weighted by Gasteiger charge is 2.30. The zero-order valence-corrected chi connectivity index (χ0v) is 17.3. The number of aliphatic hydroxyl groups excluding tert-OH is 1. The first-order valence-corrected chi connectivity index (χ1v) is 10.3. The van der Waals surface area contributed by atoms with Gasteiger partial charge in [-0.2, -0.15) is 13.2 Å². The molecule has 2 aromatic heterocycles. The van der Waals surface area contributed by atoms with Gasteiger partial charge in [0.05, 0.1) is 29.0 Å². The zero-order chi connectivity index (χ0) is 22.6. The second-order valence-electron chi connectivity index (χ2n) is 8.19. The number of aliphatic hydroxyl groups is 1. The lowest BCUT2D eigenvalue weighted by Gasteiger charge is -2.30. The van der Waals surface area contributed by atoms with Gasteiger partial charge >= 0.3 is 6.18 Å². The van der Waals surface area contributed by atoms with Gasteiger partial charge in [-0.15, -0.1) is 0 Å². The summed E-state index contributed by atoms with van der Waals surface area (Å²) in [5, 5.41) is 10.7. The topological polar surface area (TPSA) is 63.3 Å². The first-order chi connectivity index (χ1) is 15.2. The number of benzene rings is 2. The molecule has 3 heterocycles. The molecule has 1 fully saturated rings. The van der Waals surface area contributed by atoms with Crippen LogP contribution < -0.4 is 0 Å². The molecule has 9 heteroatoms. The van der Waals surface area contributed by atoms with Gasteiger partial charge in [-0.1, -0.05) is 0 Å². The van der Waals surface area contributed by atoms with Gasteiger partial charge in [0.1, 0.15) is 0 Å². The molecule has 1 amide bonds. The Morgan fingerprint density at radius 1 is 1.16 bits per heavy atom. The normalized spacial score (nSPS) is 17.4. The van der Waals surface area contributed by atoms with Crippen LogP contribution in [0.25, 0.3) is 27.8 Å². The van der Waals surface area contributed by atoms with Crippen molar-refractivity contribution in [1.29, 1.82) is 0 Å². The highest BCUT2D eigenvalue weighted by molar-refractivity contribution is 6.09. The van der Waals surface area contributed by atoms with Crippen molar-refractivity contribution >= 4 is 28.0 Å². The van der Waals surface area contributed by atoms with Crippen LogP contribution in [-0.4, -0.2) is 49.2 Å². The van der Waals surface area contributed by atoms with E-state index in [0.29, 0.717) is 36.4 Å². The van der Waals surface area contributed by atoms with Gasteiger partial charge in [0.25, 0.3) is 5.91 Å². The van der Waals surface area contributed by atoms with Crippen molar-refractivity contribution in [2.75, 3.05) is 13.1 Å². The molecule has 0 aliphatic carbocycles. The Balaban J connectivity index is 1.63. The number of rotatable bonds is 2. The summed E-state index contributed by atoms with van der Waals surface area (Å²) in [7, 11) is 1.83. The SMILES string of the molecule is Cn1cnc2c1c1cc(C(=O)N3CCCC(O)C3)ccc1n2-c1ccc(C(F)(F)F)cc1. The molecule has 1 atom stereocenters. The largest absolute Gasteiger partial charge is 0.416 e. The summed E-state index contributed by atoms with van der Waals surface area (Å²) in [4.78, 5) is 19.1. The molecule has 32 heavy (non-hydrogen) atoms. The monoisotopic (exact) mass is 442 g/mol. The van der Waals surface area contributed by atoms with E-state index < -0.39 is 17.8 Å². The van der Waals surface area contributed by atoms with Crippen molar-refractivity contribution < 1.29 is 23.1 Å². The number of piperidine rings is 1.